The third-order valence-electron chi connectivity index (χ3n) is 4.38. The highest BCUT2D eigenvalue weighted by molar-refractivity contribution is 6.32. The van der Waals surface area contributed by atoms with Gasteiger partial charge >= 0.3 is 5.97 Å². The van der Waals surface area contributed by atoms with Gasteiger partial charge in [0.2, 0.25) is 0 Å². The fourth-order valence-corrected chi connectivity index (χ4v) is 3.35. The van der Waals surface area contributed by atoms with Gasteiger partial charge in [-0.2, -0.15) is 0 Å². The SMILES string of the molecule is CC(C)CN(C)c1cc(Cl)c(CCC(=O)O)cc1-c1ccc(N)c(C=N)c1. The van der Waals surface area contributed by atoms with Gasteiger partial charge in [-0.3, -0.25) is 4.79 Å². The maximum absolute atomic E-state index is 11.0. The predicted molar refractivity (Wildman–Crippen MR) is 113 cm³/mol. The maximum atomic E-state index is 11.0. The second-order valence-electron chi connectivity index (χ2n) is 7.12. The van der Waals surface area contributed by atoms with E-state index in [2.05, 4.69) is 18.7 Å². The molecule has 2 aromatic carbocycles. The van der Waals surface area contributed by atoms with Gasteiger partial charge in [-0.15, -0.1) is 0 Å². The standard InChI is InChI=1S/C21H26ClN3O2/c1-13(2)12-25(3)20-10-18(22)15(5-7-21(26)27)9-17(20)14-4-6-19(24)16(8-14)11-23/h4,6,8-11,13,23H,5,7,12,24H2,1-3H3,(H,26,27). The van der Waals surface area contributed by atoms with E-state index in [0.29, 0.717) is 28.6 Å². The molecule has 144 valence electrons. The number of nitrogens with two attached hydrogens (primary N) is 1. The average molecular weight is 388 g/mol. The van der Waals surface area contributed by atoms with Crippen molar-refractivity contribution in [2.45, 2.75) is 26.7 Å². The van der Waals surface area contributed by atoms with Crippen molar-refractivity contribution in [2.24, 2.45) is 5.92 Å². The molecule has 0 aliphatic heterocycles. The molecule has 27 heavy (non-hydrogen) atoms. The van der Waals surface area contributed by atoms with Crippen LogP contribution in [-0.4, -0.2) is 30.9 Å². The van der Waals surface area contributed by atoms with E-state index in [4.69, 9.17) is 27.9 Å². The van der Waals surface area contributed by atoms with E-state index in [9.17, 15) is 4.79 Å². The molecule has 0 unspecified atom stereocenters. The summed E-state index contributed by atoms with van der Waals surface area (Å²) < 4.78 is 0. The first-order valence-corrected chi connectivity index (χ1v) is 9.26. The summed E-state index contributed by atoms with van der Waals surface area (Å²) in [7, 11) is 2.01. The number of nitrogens with zero attached hydrogens (tertiary/aromatic N) is 1. The van der Waals surface area contributed by atoms with E-state index < -0.39 is 5.97 Å². The van der Waals surface area contributed by atoms with E-state index in [1.54, 1.807) is 6.07 Å². The Morgan fingerprint density at radius 2 is 2.04 bits per heavy atom. The number of aliphatic carboxylic acids is 1. The first-order valence-electron chi connectivity index (χ1n) is 8.88. The molecular weight excluding hydrogens is 362 g/mol. The number of nitrogen functional groups attached to an aromatic ring is 1. The minimum Gasteiger partial charge on any atom is -0.481 e. The van der Waals surface area contributed by atoms with Crippen LogP contribution in [0, 0.1) is 11.3 Å². The van der Waals surface area contributed by atoms with Gasteiger partial charge in [0.25, 0.3) is 0 Å². The molecule has 4 N–H and O–H groups in total. The molecule has 0 amide bonds. The summed E-state index contributed by atoms with van der Waals surface area (Å²) in [6, 6.07) is 9.43. The Morgan fingerprint density at radius 3 is 2.63 bits per heavy atom. The van der Waals surface area contributed by atoms with Gasteiger partial charge in [0.1, 0.15) is 0 Å². The van der Waals surface area contributed by atoms with Crippen LogP contribution in [-0.2, 0) is 11.2 Å². The van der Waals surface area contributed by atoms with Crippen molar-refractivity contribution in [2.75, 3.05) is 24.2 Å². The number of carboxylic acids is 1. The van der Waals surface area contributed by atoms with Gasteiger partial charge in [-0.05, 0) is 47.7 Å². The van der Waals surface area contributed by atoms with E-state index in [1.165, 1.54) is 6.21 Å². The molecule has 0 heterocycles. The number of halogens is 1. The van der Waals surface area contributed by atoms with E-state index in [0.717, 1.165) is 28.9 Å². The fourth-order valence-electron chi connectivity index (χ4n) is 3.10. The van der Waals surface area contributed by atoms with Crippen LogP contribution in [0.5, 0.6) is 0 Å². The van der Waals surface area contributed by atoms with Crippen LogP contribution in [0.25, 0.3) is 11.1 Å². The Balaban J connectivity index is 2.60. The Kier molecular flexibility index (Phi) is 6.86. The normalized spacial score (nSPS) is 10.9. The molecule has 0 aromatic heterocycles. The summed E-state index contributed by atoms with van der Waals surface area (Å²) in [4.78, 5) is 13.1. The van der Waals surface area contributed by atoms with Crippen LogP contribution in [0.1, 0.15) is 31.4 Å². The minimum atomic E-state index is -0.854. The third-order valence-corrected chi connectivity index (χ3v) is 4.73. The molecule has 0 fully saturated rings. The lowest BCUT2D eigenvalue weighted by Crippen LogP contribution is -2.23. The smallest absolute Gasteiger partial charge is 0.303 e. The van der Waals surface area contributed by atoms with Gasteiger partial charge in [0, 0.05) is 53.8 Å². The van der Waals surface area contributed by atoms with Gasteiger partial charge in [-0.1, -0.05) is 31.5 Å². The van der Waals surface area contributed by atoms with E-state index >= 15 is 0 Å². The number of aryl methyl sites for hydroxylation is 1. The van der Waals surface area contributed by atoms with Gasteiger partial charge < -0.3 is 21.1 Å². The van der Waals surface area contributed by atoms with Gasteiger partial charge in [0.15, 0.2) is 0 Å². The van der Waals surface area contributed by atoms with Crippen LogP contribution >= 0.6 is 11.6 Å². The highest BCUT2D eigenvalue weighted by atomic mass is 35.5. The van der Waals surface area contributed by atoms with Gasteiger partial charge in [-0.25, -0.2) is 0 Å². The summed E-state index contributed by atoms with van der Waals surface area (Å²) in [6.07, 6.45) is 1.62. The lowest BCUT2D eigenvalue weighted by Gasteiger charge is -2.26. The molecule has 0 saturated carbocycles. The monoisotopic (exact) mass is 387 g/mol. The predicted octanol–water partition coefficient (Wildman–Crippen LogP) is 4.70. The first kappa shape index (κ1) is 20.8. The third kappa shape index (κ3) is 5.23. The van der Waals surface area contributed by atoms with Gasteiger partial charge in [0.05, 0.1) is 0 Å². The Labute approximate surface area is 165 Å². The van der Waals surface area contributed by atoms with Crippen molar-refractivity contribution in [1.29, 1.82) is 5.41 Å². The number of benzene rings is 2. The fraction of sp³-hybridized carbons (Fsp3) is 0.333. The van der Waals surface area contributed by atoms with Crippen LogP contribution in [0.15, 0.2) is 30.3 Å². The second-order valence-corrected chi connectivity index (χ2v) is 7.52. The highest BCUT2D eigenvalue weighted by Gasteiger charge is 2.16. The number of hydrogen-bond donors (Lipinski definition) is 3. The summed E-state index contributed by atoms with van der Waals surface area (Å²) >= 11 is 6.46. The maximum Gasteiger partial charge on any atom is 0.303 e. The Morgan fingerprint density at radius 1 is 1.33 bits per heavy atom. The molecule has 0 bridgehead atoms. The molecule has 0 aliphatic carbocycles. The quantitative estimate of drug-likeness (QED) is 0.452. The number of rotatable bonds is 8. The molecule has 0 radical (unpaired) electrons. The molecular formula is C21H26ClN3O2. The van der Waals surface area contributed by atoms with E-state index in [1.807, 2.05) is 31.3 Å². The number of nitrogens with one attached hydrogen (secondary N) is 1. The molecule has 6 heteroatoms. The van der Waals surface area contributed by atoms with Crippen molar-refractivity contribution >= 4 is 35.2 Å². The molecule has 2 aromatic rings. The van der Waals surface area contributed by atoms with Crippen molar-refractivity contribution in [1.82, 2.24) is 0 Å². The second kappa shape index (κ2) is 8.91. The van der Waals surface area contributed by atoms with Crippen molar-refractivity contribution in [3.05, 3.63) is 46.5 Å². The first-order chi connectivity index (χ1) is 12.7. The van der Waals surface area contributed by atoms with Crippen LogP contribution in [0.4, 0.5) is 11.4 Å². The van der Waals surface area contributed by atoms with Crippen molar-refractivity contribution in [3.8, 4) is 11.1 Å². The topological polar surface area (TPSA) is 90.4 Å². The van der Waals surface area contributed by atoms with Crippen LogP contribution in [0.3, 0.4) is 0 Å². The van der Waals surface area contributed by atoms with Crippen molar-refractivity contribution in [3.63, 3.8) is 0 Å². The number of hydrogen-bond acceptors (Lipinski definition) is 4. The number of carbonyl (C=O) groups is 1. The zero-order valence-electron chi connectivity index (χ0n) is 15.9. The van der Waals surface area contributed by atoms with Crippen LogP contribution in [0.2, 0.25) is 5.02 Å². The van der Waals surface area contributed by atoms with Crippen LogP contribution < -0.4 is 10.6 Å². The largest absolute Gasteiger partial charge is 0.481 e. The molecule has 0 aliphatic rings. The summed E-state index contributed by atoms with van der Waals surface area (Å²) in [5.41, 5.74) is 10.8. The number of anilines is 2. The lowest BCUT2D eigenvalue weighted by atomic mass is 9.96. The summed E-state index contributed by atoms with van der Waals surface area (Å²) in [5, 5.41) is 17.1. The molecule has 0 atom stereocenters. The van der Waals surface area contributed by atoms with Crippen molar-refractivity contribution < 1.29 is 9.90 Å². The molecule has 0 spiro atoms. The summed E-state index contributed by atoms with van der Waals surface area (Å²) in [5.74, 6) is -0.385. The summed E-state index contributed by atoms with van der Waals surface area (Å²) in [6.45, 7) is 5.15. The molecule has 2 rings (SSSR count). The Hall–Kier alpha value is -2.53. The zero-order valence-corrected chi connectivity index (χ0v) is 16.7. The van der Waals surface area contributed by atoms with E-state index in [-0.39, 0.29) is 6.42 Å². The number of carboxylic acid groups (broad SMARTS) is 1. The molecule has 5 nitrogen and oxygen atoms in total. The lowest BCUT2D eigenvalue weighted by molar-refractivity contribution is -0.136. The highest BCUT2D eigenvalue weighted by Crippen LogP contribution is 2.37. The zero-order chi connectivity index (χ0) is 20.1. The minimum absolute atomic E-state index is 0.0217. The molecule has 0 saturated heterocycles. The Bertz CT molecular complexity index is 850. The average Bonchev–Trinajstić information content (AvgIpc) is 2.60.